The van der Waals surface area contributed by atoms with E-state index in [1.54, 1.807) is 11.3 Å². The second kappa shape index (κ2) is 6.92. The molecule has 0 atom stereocenters. The molecule has 0 fully saturated rings. The number of methoxy groups -OCH3 is 1. The number of hydrogen-bond acceptors (Lipinski definition) is 6. The van der Waals surface area contributed by atoms with Gasteiger partial charge in [-0.05, 0) is 30.7 Å². The number of anilines is 1. The molecule has 0 spiro atoms. The minimum Gasteiger partial charge on any atom is -0.465 e. The van der Waals surface area contributed by atoms with Gasteiger partial charge in [-0.3, -0.25) is 0 Å². The van der Waals surface area contributed by atoms with E-state index in [4.69, 9.17) is 0 Å². The van der Waals surface area contributed by atoms with Crippen LogP contribution in [0.4, 0.5) is 10.2 Å². The number of aryl methyl sites for hydroxylation is 1. The predicted molar refractivity (Wildman–Crippen MR) is 91.9 cm³/mol. The van der Waals surface area contributed by atoms with Crippen LogP contribution in [-0.4, -0.2) is 23.0 Å². The molecule has 124 valence electrons. The number of aromatic nitrogens is 2. The van der Waals surface area contributed by atoms with Crippen molar-refractivity contribution < 1.29 is 13.9 Å². The van der Waals surface area contributed by atoms with Gasteiger partial charge in [0.2, 0.25) is 0 Å². The topological polar surface area (TPSA) is 64.1 Å². The van der Waals surface area contributed by atoms with Crippen molar-refractivity contribution in [2.75, 3.05) is 12.4 Å². The number of thiophene rings is 1. The Morgan fingerprint density at radius 3 is 2.92 bits per heavy atom. The zero-order valence-corrected chi connectivity index (χ0v) is 14.1. The van der Waals surface area contributed by atoms with Gasteiger partial charge in [0.25, 0.3) is 0 Å². The van der Waals surface area contributed by atoms with Crippen LogP contribution in [0.15, 0.2) is 30.6 Å². The first-order valence-electron chi connectivity index (χ1n) is 7.46. The van der Waals surface area contributed by atoms with Crippen LogP contribution in [0.5, 0.6) is 0 Å². The lowest BCUT2D eigenvalue weighted by Gasteiger charge is -2.09. The van der Waals surface area contributed by atoms with Crippen molar-refractivity contribution in [1.82, 2.24) is 9.97 Å². The van der Waals surface area contributed by atoms with Gasteiger partial charge in [0.1, 0.15) is 22.8 Å². The average molecular weight is 345 g/mol. The second-order valence-electron chi connectivity index (χ2n) is 5.16. The summed E-state index contributed by atoms with van der Waals surface area (Å²) in [6.45, 7) is 2.29. The number of nitrogens with one attached hydrogen (secondary N) is 1. The van der Waals surface area contributed by atoms with Crippen LogP contribution in [-0.2, 0) is 17.7 Å². The molecule has 0 aliphatic heterocycles. The Hall–Kier alpha value is -2.54. The Bertz CT molecular complexity index is 895. The molecule has 2 heterocycles. The molecule has 0 radical (unpaired) electrons. The molecule has 3 rings (SSSR count). The summed E-state index contributed by atoms with van der Waals surface area (Å²) in [7, 11) is 1.29. The summed E-state index contributed by atoms with van der Waals surface area (Å²) in [5, 5.41) is 4.05. The van der Waals surface area contributed by atoms with Crippen LogP contribution in [0.3, 0.4) is 0 Å². The highest BCUT2D eigenvalue weighted by atomic mass is 32.1. The van der Waals surface area contributed by atoms with E-state index < -0.39 is 5.97 Å². The fraction of sp³-hybridized carbons (Fsp3) is 0.235. The van der Waals surface area contributed by atoms with Crippen molar-refractivity contribution in [3.8, 4) is 0 Å². The molecular formula is C17H16FN3O2S. The van der Waals surface area contributed by atoms with E-state index in [1.807, 2.05) is 6.07 Å². The SMILES string of the molecule is CCc1cc2c(NCc3cc(C(=O)OC)ccc3F)ncnc2s1. The average Bonchev–Trinajstić information content (AvgIpc) is 3.04. The molecule has 5 nitrogen and oxygen atoms in total. The van der Waals surface area contributed by atoms with Crippen molar-refractivity contribution in [2.45, 2.75) is 19.9 Å². The van der Waals surface area contributed by atoms with Gasteiger partial charge in [-0.15, -0.1) is 11.3 Å². The fourth-order valence-corrected chi connectivity index (χ4v) is 3.29. The molecule has 0 amide bonds. The Kier molecular flexibility index (Phi) is 4.71. The number of benzene rings is 1. The molecule has 2 aromatic heterocycles. The van der Waals surface area contributed by atoms with Gasteiger partial charge in [0.15, 0.2) is 0 Å². The molecule has 1 N–H and O–H groups in total. The molecular weight excluding hydrogens is 329 g/mol. The molecule has 0 bridgehead atoms. The van der Waals surface area contributed by atoms with Crippen molar-refractivity contribution >= 4 is 33.3 Å². The Labute approximate surface area is 142 Å². The minimum atomic E-state index is -0.494. The summed E-state index contributed by atoms with van der Waals surface area (Å²) in [4.78, 5) is 22.2. The second-order valence-corrected chi connectivity index (χ2v) is 6.27. The van der Waals surface area contributed by atoms with E-state index in [0.717, 1.165) is 16.6 Å². The number of nitrogens with zero attached hydrogens (tertiary/aromatic N) is 2. The Morgan fingerprint density at radius 2 is 2.17 bits per heavy atom. The third-order valence-electron chi connectivity index (χ3n) is 3.64. The third kappa shape index (κ3) is 3.21. The molecule has 24 heavy (non-hydrogen) atoms. The number of hydrogen-bond donors (Lipinski definition) is 1. The summed E-state index contributed by atoms with van der Waals surface area (Å²) < 4.78 is 18.7. The number of halogens is 1. The lowest BCUT2D eigenvalue weighted by molar-refractivity contribution is 0.0600. The first-order chi connectivity index (χ1) is 11.6. The van der Waals surface area contributed by atoms with Gasteiger partial charge >= 0.3 is 5.97 Å². The van der Waals surface area contributed by atoms with Gasteiger partial charge < -0.3 is 10.1 Å². The van der Waals surface area contributed by atoms with Crippen molar-refractivity contribution in [2.24, 2.45) is 0 Å². The lowest BCUT2D eigenvalue weighted by atomic mass is 10.1. The number of rotatable bonds is 5. The van der Waals surface area contributed by atoms with E-state index in [0.29, 0.717) is 16.9 Å². The van der Waals surface area contributed by atoms with Crippen molar-refractivity contribution in [3.05, 3.63) is 52.4 Å². The maximum absolute atomic E-state index is 14.0. The van der Waals surface area contributed by atoms with Crippen LogP contribution >= 0.6 is 11.3 Å². The molecule has 1 aromatic carbocycles. The molecule has 0 saturated carbocycles. The van der Waals surface area contributed by atoms with E-state index in [1.165, 1.54) is 36.5 Å². The van der Waals surface area contributed by atoms with Crippen LogP contribution in [0, 0.1) is 5.82 Å². The highest BCUT2D eigenvalue weighted by molar-refractivity contribution is 7.18. The number of carbonyl (C=O) groups excluding carboxylic acids is 1. The molecule has 0 aliphatic carbocycles. The Balaban J connectivity index is 1.86. The molecule has 0 unspecified atom stereocenters. The fourth-order valence-electron chi connectivity index (χ4n) is 2.35. The Morgan fingerprint density at radius 1 is 1.33 bits per heavy atom. The molecule has 7 heteroatoms. The smallest absolute Gasteiger partial charge is 0.337 e. The summed E-state index contributed by atoms with van der Waals surface area (Å²) in [5.41, 5.74) is 0.683. The molecule has 0 aliphatic rings. The first-order valence-corrected chi connectivity index (χ1v) is 8.28. The van der Waals surface area contributed by atoms with Gasteiger partial charge in [0.05, 0.1) is 18.1 Å². The maximum atomic E-state index is 14.0. The van der Waals surface area contributed by atoms with Gasteiger partial charge in [-0.25, -0.2) is 19.2 Å². The molecule has 3 aromatic rings. The summed E-state index contributed by atoms with van der Waals surface area (Å²) in [6, 6.07) is 6.19. The maximum Gasteiger partial charge on any atom is 0.337 e. The van der Waals surface area contributed by atoms with E-state index in [-0.39, 0.29) is 12.4 Å². The highest BCUT2D eigenvalue weighted by Gasteiger charge is 2.12. The molecule has 0 saturated heterocycles. The van der Waals surface area contributed by atoms with Crippen LogP contribution in [0.1, 0.15) is 27.7 Å². The van der Waals surface area contributed by atoms with Gasteiger partial charge in [-0.1, -0.05) is 6.92 Å². The summed E-state index contributed by atoms with van der Waals surface area (Å²) in [5.74, 6) is -0.232. The number of carbonyl (C=O) groups is 1. The van der Waals surface area contributed by atoms with E-state index >= 15 is 0 Å². The summed E-state index contributed by atoms with van der Waals surface area (Å²) in [6.07, 6.45) is 2.41. The highest BCUT2D eigenvalue weighted by Crippen LogP contribution is 2.28. The van der Waals surface area contributed by atoms with E-state index in [9.17, 15) is 9.18 Å². The monoisotopic (exact) mass is 345 g/mol. The lowest BCUT2D eigenvalue weighted by Crippen LogP contribution is -2.07. The zero-order valence-electron chi connectivity index (χ0n) is 13.3. The van der Waals surface area contributed by atoms with Crippen molar-refractivity contribution in [3.63, 3.8) is 0 Å². The number of esters is 1. The predicted octanol–water partition coefficient (Wildman–Crippen LogP) is 3.79. The van der Waals surface area contributed by atoms with Crippen LogP contribution in [0.2, 0.25) is 0 Å². The van der Waals surface area contributed by atoms with Gasteiger partial charge in [-0.2, -0.15) is 0 Å². The third-order valence-corrected chi connectivity index (χ3v) is 4.83. The standard InChI is InChI=1S/C17H16FN3O2S/c1-3-12-7-13-15(20-9-21-16(13)24-12)19-8-11-6-10(17(22)23-2)4-5-14(11)18/h4-7,9H,3,8H2,1-2H3,(H,19,20,21). The normalized spacial score (nSPS) is 10.8. The van der Waals surface area contributed by atoms with Gasteiger partial charge in [0, 0.05) is 17.0 Å². The first kappa shape index (κ1) is 16.3. The zero-order chi connectivity index (χ0) is 17.1. The quantitative estimate of drug-likeness (QED) is 0.713. The largest absolute Gasteiger partial charge is 0.465 e. The van der Waals surface area contributed by atoms with Crippen LogP contribution in [0.25, 0.3) is 10.2 Å². The van der Waals surface area contributed by atoms with E-state index in [2.05, 4.69) is 26.9 Å². The van der Waals surface area contributed by atoms with Crippen molar-refractivity contribution in [1.29, 1.82) is 0 Å². The number of fused-ring (bicyclic) bond motifs is 1. The minimum absolute atomic E-state index is 0.208. The summed E-state index contributed by atoms with van der Waals surface area (Å²) >= 11 is 1.62. The number of ether oxygens (including phenoxy) is 1. The van der Waals surface area contributed by atoms with Crippen LogP contribution < -0.4 is 5.32 Å².